The number of anilines is 1. The number of fused-ring (bicyclic) bond motifs is 3. The minimum Gasteiger partial charge on any atom is -0.508 e. The van der Waals surface area contributed by atoms with E-state index in [1.807, 2.05) is 95.9 Å². The third kappa shape index (κ3) is 6.98. The Morgan fingerprint density at radius 2 is 1.42 bits per heavy atom. The predicted octanol–water partition coefficient (Wildman–Crippen LogP) is 8.18. The number of aromatic hydroxyl groups is 1. The van der Waals surface area contributed by atoms with Crippen molar-refractivity contribution in [3.05, 3.63) is 167 Å². The molecule has 7 atom stereocenters. The molecule has 304 valence electrons. The minimum atomic E-state index is -1.71. The molecule has 9 nitrogen and oxygen atoms in total. The lowest BCUT2D eigenvalue weighted by atomic mass is 9.63. The summed E-state index contributed by atoms with van der Waals surface area (Å²) in [5, 5.41) is 36.5. The molecular weight excluding hydrogens is 753 g/mol. The zero-order valence-electron chi connectivity index (χ0n) is 33.2. The Hall–Kier alpha value is -6.05. The number of phenolic OH excluding ortho intramolecular Hbond substituents is 1. The summed E-state index contributed by atoms with van der Waals surface area (Å²) in [4.78, 5) is 47.8. The number of Topliss-reactive ketones (excluding diaryl/α,β-unsaturated/α-hetero) is 1. The highest BCUT2D eigenvalue weighted by atomic mass is 16.6. The Morgan fingerprint density at radius 3 is 2.08 bits per heavy atom. The van der Waals surface area contributed by atoms with Crippen molar-refractivity contribution in [2.45, 2.75) is 92.7 Å². The second kappa shape index (κ2) is 16.2. The lowest BCUT2D eigenvalue weighted by molar-refractivity contribution is -0.178. The lowest BCUT2D eigenvalue weighted by Gasteiger charge is -2.46. The Balaban J connectivity index is 1.27. The van der Waals surface area contributed by atoms with Crippen molar-refractivity contribution in [2.75, 3.05) is 5.32 Å². The zero-order valence-corrected chi connectivity index (χ0v) is 33.2. The molecule has 60 heavy (non-hydrogen) atoms. The summed E-state index contributed by atoms with van der Waals surface area (Å²) < 4.78 is 6.50. The molecule has 3 fully saturated rings. The van der Waals surface area contributed by atoms with E-state index in [1.54, 1.807) is 42.5 Å². The van der Waals surface area contributed by atoms with Crippen molar-refractivity contribution < 1.29 is 34.4 Å². The van der Waals surface area contributed by atoms with Crippen molar-refractivity contribution in [1.29, 1.82) is 0 Å². The number of nitrogens with one attached hydrogen (secondary N) is 1. The number of carbonyl (C=O) groups excluding carboxylic acids is 3. The monoisotopic (exact) mass is 800 g/mol. The highest BCUT2D eigenvalue weighted by molar-refractivity contribution is 6.12. The van der Waals surface area contributed by atoms with Crippen LogP contribution in [0.2, 0.25) is 0 Å². The van der Waals surface area contributed by atoms with Crippen LogP contribution >= 0.6 is 0 Å². The number of benzene rings is 5. The van der Waals surface area contributed by atoms with E-state index >= 15 is 14.4 Å². The van der Waals surface area contributed by atoms with Crippen LogP contribution in [0.5, 0.6) is 5.75 Å². The fraction of sp³-hybridized carbons (Fsp3) is 0.314. The van der Waals surface area contributed by atoms with Crippen molar-refractivity contribution in [3.63, 3.8) is 0 Å². The van der Waals surface area contributed by atoms with Crippen LogP contribution in [-0.2, 0) is 24.5 Å². The number of cyclic esters (lactones) is 1. The number of ether oxygens (including phenoxy) is 1. The topological polar surface area (TPSA) is 136 Å². The molecule has 1 amide bonds. The molecule has 1 saturated carbocycles. The number of amides is 1. The number of aliphatic hydroxyl groups is 2. The number of esters is 1. The van der Waals surface area contributed by atoms with Gasteiger partial charge in [-0.1, -0.05) is 128 Å². The van der Waals surface area contributed by atoms with Crippen LogP contribution in [0.15, 0.2) is 133 Å². The van der Waals surface area contributed by atoms with Crippen LogP contribution in [0.1, 0.15) is 109 Å². The third-order valence-corrected chi connectivity index (χ3v) is 13.1. The van der Waals surface area contributed by atoms with Gasteiger partial charge in [-0.2, -0.15) is 0 Å². The van der Waals surface area contributed by atoms with E-state index in [0.717, 1.165) is 36.8 Å². The second-order valence-electron chi connectivity index (χ2n) is 16.7. The Morgan fingerprint density at radius 1 is 0.783 bits per heavy atom. The molecule has 1 aliphatic carbocycles. The molecule has 9 heteroatoms. The first kappa shape index (κ1) is 39.4. The summed E-state index contributed by atoms with van der Waals surface area (Å²) in [5.41, 5.74) is 1.57. The van der Waals surface area contributed by atoms with E-state index < -0.39 is 59.1 Å². The maximum absolute atomic E-state index is 15.4. The summed E-state index contributed by atoms with van der Waals surface area (Å²) >= 11 is 0. The van der Waals surface area contributed by atoms with Gasteiger partial charge < -0.3 is 25.4 Å². The average Bonchev–Trinajstić information content (AvgIpc) is 3.64. The van der Waals surface area contributed by atoms with E-state index in [0.29, 0.717) is 40.8 Å². The number of phenols is 1. The van der Waals surface area contributed by atoms with Gasteiger partial charge in [0.15, 0.2) is 0 Å². The average molecular weight is 801 g/mol. The quantitative estimate of drug-likeness (QED) is 0.0701. The Bertz CT molecular complexity index is 2440. The van der Waals surface area contributed by atoms with Gasteiger partial charge in [0, 0.05) is 17.7 Å². The third-order valence-electron chi connectivity index (χ3n) is 13.1. The fourth-order valence-corrected chi connectivity index (χ4v) is 10.3. The largest absolute Gasteiger partial charge is 0.508 e. The molecule has 0 aromatic heterocycles. The normalized spacial score (nSPS) is 26.1. The summed E-state index contributed by atoms with van der Waals surface area (Å²) in [6.07, 6.45) is 3.16. The maximum Gasteiger partial charge on any atom is 0.324 e. The maximum atomic E-state index is 15.4. The first-order valence-corrected chi connectivity index (χ1v) is 21.0. The van der Waals surface area contributed by atoms with Gasteiger partial charge in [-0.3, -0.25) is 19.3 Å². The van der Waals surface area contributed by atoms with Gasteiger partial charge in [-0.05, 0) is 90.3 Å². The molecule has 3 heterocycles. The fourth-order valence-electron chi connectivity index (χ4n) is 10.3. The van der Waals surface area contributed by atoms with E-state index in [-0.39, 0.29) is 24.4 Å². The standard InChI is InChI=1S/C51H48N2O7/c54-38-23-21-37(22-24-38)47-51(39-32-33(20-25-40(39)52-49(51)58)28-31-50(59)29-12-1-2-13-30-50)43(42(56)27-26-41(55)34-14-6-3-7-15-34)45-48(57)60-46(36-18-10-5-11-19-36)44(53(45)47)35-16-8-4-9-17-35/h3-11,14-25,32,41,43-47,54-55,59H,1-2,12-13,26-27,29-30H2,(H,52,58)/t41-,43-,44+,45+,46?,47-,51+/m0/s1. The van der Waals surface area contributed by atoms with Crippen LogP contribution in [0.25, 0.3) is 0 Å². The highest BCUT2D eigenvalue weighted by Gasteiger charge is 2.73. The summed E-state index contributed by atoms with van der Waals surface area (Å²) in [6, 6.07) is 37.5. The first-order valence-electron chi connectivity index (χ1n) is 21.0. The smallest absolute Gasteiger partial charge is 0.324 e. The molecule has 2 saturated heterocycles. The van der Waals surface area contributed by atoms with E-state index in [2.05, 4.69) is 17.2 Å². The van der Waals surface area contributed by atoms with Crippen LogP contribution in [0.3, 0.4) is 0 Å². The summed E-state index contributed by atoms with van der Waals surface area (Å²) in [5.74, 6) is 3.71. The second-order valence-corrected chi connectivity index (χ2v) is 16.7. The van der Waals surface area contributed by atoms with Gasteiger partial charge in [-0.15, -0.1) is 0 Å². The first-order chi connectivity index (χ1) is 29.2. The van der Waals surface area contributed by atoms with E-state index in [4.69, 9.17) is 4.74 Å². The summed E-state index contributed by atoms with van der Waals surface area (Å²) in [7, 11) is 0. The molecule has 0 radical (unpaired) electrons. The molecular formula is C51H48N2O7. The van der Waals surface area contributed by atoms with Crippen molar-refractivity contribution in [2.24, 2.45) is 5.92 Å². The van der Waals surface area contributed by atoms with Crippen LogP contribution in [-0.4, -0.2) is 49.5 Å². The van der Waals surface area contributed by atoms with Gasteiger partial charge in [0.05, 0.1) is 24.1 Å². The van der Waals surface area contributed by atoms with Crippen LogP contribution < -0.4 is 5.32 Å². The van der Waals surface area contributed by atoms with Crippen LogP contribution in [0, 0.1) is 17.8 Å². The minimum absolute atomic E-state index is 0.0231. The summed E-state index contributed by atoms with van der Waals surface area (Å²) in [6.45, 7) is 0. The molecule has 4 N–H and O–H groups in total. The number of nitrogens with zero attached hydrogens (tertiary/aromatic N) is 1. The highest BCUT2D eigenvalue weighted by Crippen LogP contribution is 2.65. The van der Waals surface area contributed by atoms with Crippen LogP contribution in [0.4, 0.5) is 5.69 Å². The SMILES string of the molecule is O=C1OC(c2ccccc2)[C@@H](c2ccccc2)N2[C@@H](c3ccc(O)cc3)[C@]3(C(=O)Nc4ccc(C#CC5(O)CCCCCC5)cc43)[C@@H](C(=O)CC[C@H](O)c3ccccc3)[C@H]12. The Labute approximate surface area is 350 Å². The van der Waals surface area contributed by atoms with Gasteiger partial charge in [-0.25, -0.2) is 0 Å². The number of hydrogen-bond acceptors (Lipinski definition) is 8. The molecule has 1 spiro atoms. The number of aliphatic hydroxyl groups excluding tert-OH is 1. The van der Waals surface area contributed by atoms with E-state index in [1.165, 1.54) is 0 Å². The lowest BCUT2D eigenvalue weighted by Crippen LogP contribution is -2.52. The predicted molar refractivity (Wildman–Crippen MR) is 226 cm³/mol. The number of ketones is 1. The van der Waals surface area contributed by atoms with Gasteiger partial charge >= 0.3 is 5.97 Å². The number of rotatable bonds is 8. The molecule has 9 rings (SSSR count). The number of morpholine rings is 1. The zero-order chi connectivity index (χ0) is 41.4. The number of carbonyl (C=O) groups is 3. The van der Waals surface area contributed by atoms with E-state index in [9.17, 15) is 15.3 Å². The van der Waals surface area contributed by atoms with Gasteiger partial charge in [0.1, 0.15) is 34.7 Å². The van der Waals surface area contributed by atoms with Gasteiger partial charge in [0.25, 0.3) is 0 Å². The Kier molecular flexibility index (Phi) is 10.6. The van der Waals surface area contributed by atoms with Crippen molar-refractivity contribution in [1.82, 2.24) is 4.90 Å². The molecule has 5 aromatic carbocycles. The molecule has 3 aliphatic heterocycles. The molecule has 4 aliphatic rings. The number of hydrogen-bond donors (Lipinski definition) is 4. The molecule has 0 bridgehead atoms. The van der Waals surface area contributed by atoms with Gasteiger partial charge in [0.2, 0.25) is 5.91 Å². The molecule has 5 aromatic rings. The van der Waals surface area contributed by atoms with Crippen molar-refractivity contribution in [3.8, 4) is 17.6 Å². The molecule has 1 unspecified atom stereocenters. The van der Waals surface area contributed by atoms with Crippen molar-refractivity contribution >= 4 is 23.3 Å².